The molecule has 0 bridgehead atoms. The summed E-state index contributed by atoms with van der Waals surface area (Å²) in [4.78, 5) is 10.1. The van der Waals surface area contributed by atoms with E-state index in [1.807, 2.05) is 0 Å². The van der Waals surface area contributed by atoms with E-state index in [2.05, 4.69) is 0 Å². The quantitative estimate of drug-likeness (QED) is 0.437. The van der Waals surface area contributed by atoms with Crippen LogP contribution in [0.25, 0.3) is 0 Å². The van der Waals surface area contributed by atoms with E-state index in [9.17, 15) is 15.2 Å². The van der Waals surface area contributed by atoms with Gasteiger partial charge in [-0.15, -0.1) is 0 Å². The van der Waals surface area contributed by atoms with Gasteiger partial charge < -0.3 is 5.11 Å². The van der Waals surface area contributed by atoms with Crippen molar-refractivity contribution in [2.24, 2.45) is 0 Å². The number of nitro groups is 1. The molecule has 4 heteroatoms. The number of fused-ring (bicyclic) bond motifs is 1. The van der Waals surface area contributed by atoms with Gasteiger partial charge in [-0.2, -0.15) is 0 Å². The Labute approximate surface area is 87.7 Å². The molecule has 0 saturated carbocycles. The SMILES string of the molecule is O=[N+]([O-])c1cc2c(cc1O)CCCCC2. The van der Waals surface area contributed by atoms with Crippen LogP contribution in [0.5, 0.6) is 5.75 Å². The van der Waals surface area contributed by atoms with E-state index in [4.69, 9.17) is 0 Å². The molecule has 1 aromatic rings. The molecule has 0 aliphatic heterocycles. The summed E-state index contributed by atoms with van der Waals surface area (Å²) in [5.41, 5.74) is 1.92. The molecule has 0 spiro atoms. The third-order valence-electron chi connectivity index (χ3n) is 2.89. The number of rotatable bonds is 1. The molecule has 0 unspecified atom stereocenters. The summed E-state index contributed by atoms with van der Waals surface area (Å²) < 4.78 is 0. The largest absolute Gasteiger partial charge is 0.502 e. The van der Waals surface area contributed by atoms with E-state index in [0.717, 1.165) is 43.2 Å². The van der Waals surface area contributed by atoms with Crippen LogP contribution in [0.2, 0.25) is 0 Å². The van der Waals surface area contributed by atoms with Gasteiger partial charge in [-0.25, -0.2) is 0 Å². The Morgan fingerprint density at radius 2 is 1.73 bits per heavy atom. The highest BCUT2D eigenvalue weighted by atomic mass is 16.6. The lowest BCUT2D eigenvalue weighted by molar-refractivity contribution is -0.385. The number of nitro benzene ring substituents is 1. The van der Waals surface area contributed by atoms with E-state index in [1.165, 1.54) is 6.07 Å². The van der Waals surface area contributed by atoms with Gasteiger partial charge in [0.25, 0.3) is 0 Å². The van der Waals surface area contributed by atoms with E-state index in [0.29, 0.717) is 0 Å². The highest BCUT2D eigenvalue weighted by Gasteiger charge is 2.18. The van der Waals surface area contributed by atoms with Crippen LogP contribution in [-0.2, 0) is 12.8 Å². The molecule has 0 fully saturated rings. The molecule has 0 radical (unpaired) electrons. The Bertz CT molecular complexity index is 401. The Morgan fingerprint density at radius 3 is 2.33 bits per heavy atom. The topological polar surface area (TPSA) is 63.4 Å². The second-order valence-electron chi connectivity index (χ2n) is 3.93. The zero-order valence-corrected chi connectivity index (χ0v) is 8.40. The van der Waals surface area contributed by atoms with Gasteiger partial charge in [0.1, 0.15) is 0 Å². The molecule has 0 aromatic heterocycles. The second kappa shape index (κ2) is 3.88. The summed E-state index contributed by atoms with van der Waals surface area (Å²) >= 11 is 0. The van der Waals surface area contributed by atoms with Crippen molar-refractivity contribution in [1.29, 1.82) is 0 Å². The monoisotopic (exact) mass is 207 g/mol. The number of aryl methyl sites for hydroxylation is 2. The summed E-state index contributed by atoms with van der Waals surface area (Å²) in [5.74, 6) is -0.208. The molecule has 0 heterocycles. The fourth-order valence-corrected chi connectivity index (χ4v) is 2.08. The molecule has 0 amide bonds. The van der Waals surface area contributed by atoms with Gasteiger partial charge in [0.05, 0.1) is 4.92 Å². The van der Waals surface area contributed by atoms with E-state index in [1.54, 1.807) is 6.07 Å². The molecular weight excluding hydrogens is 194 g/mol. The number of benzene rings is 1. The van der Waals surface area contributed by atoms with Crippen LogP contribution in [0.1, 0.15) is 30.4 Å². The minimum Gasteiger partial charge on any atom is -0.502 e. The second-order valence-corrected chi connectivity index (χ2v) is 3.93. The van der Waals surface area contributed by atoms with Crippen molar-refractivity contribution in [2.45, 2.75) is 32.1 Å². The lowest BCUT2D eigenvalue weighted by atomic mass is 10.0. The highest BCUT2D eigenvalue weighted by molar-refractivity contribution is 5.51. The molecule has 0 saturated heterocycles. The van der Waals surface area contributed by atoms with E-state index in [-0.39, 0.29) is 11.4 Å². The summed E-state index contributed by atoms with van der Waals surface area (Å²) in [6.45, 7) is 0. The summed E-state index contributed by atoms with van der Waals surface area (Å²) in [5, 5.41) is 20.1. The molecule has 1 N–H and O–H groups in total. The smallest absolute Gasteiger partial charge is 0.310 e. The van der Waals surface area contributed by atoms with Crippen LogP contribution in [0, 0.1) is 10.1 Å². The lowest BCUT2D eigenvalue weighted by Gasteiger charge is -2.06. The average molecular weight is 207 g/mol. The van der Waals surface area contributed by atoms with Crippen LogP contribution in [0.3, 0.4) is 0 Å². The Hall–Kier alpha value is -1.58. The van der Waals surface area contributed by atoms with Gasteiger partial charge in [-0.1, -0.05) is 6.42 Å². The van der Waals surface area contributed by atoms with Crippen molar-refractivity contribution in [3.8, 4) is 5.75 Å². The first-order chi connectivity index (χ1) is 7.18. The van der Waals surface area contributed by atoms with Gasteiger partial charge >= 0.3 is 5.69 Å². The zero-order valence-electron chi connectivity index (χ0n) is 8.40. The summed E-state index contributed by atoms with van der Waals surface area (Å²) in [6.07, 6.45) is 5.14. The molecule has 15 heavy (non-hydrogen) atoms. The van der Waals surface area contributed by atoms with Crippen LogP contribution in [0.15, 0.2) is 12.1 Å². The molecule has 2 rings (SSSR count). The van der Waals surface area contributed by atoms with Crippen LogP contribution >= 0.6 is 0 Å². The van der Waals surface area contributed by atoms with Crippen LogP contribution in [0.4, 0.5) is 5.69 Å². The average Bonchev–Trinajstić information content (AvgIpc) is 2.40. The lowest BCUT2D eigenvalue weighted by Crippen LogP contribution is -1.95. The molecule has 0 atom stereocenters. The molecule has 1 aliphatic rings. The number of hydrogen-bond acceptors (Lipinski definition) is 3. The molecule has 4 nitrogen and oxygen atoms in total. The molecule has 80 valence electrons. The molecule has 1 aromatic carbocycles. The standard InChI is InChI=1S/C11H13NO3/c13-11-7-9-5-3-1-2-4-8(9)6-10(11)12(14)15/h6-7,13H,1-5H2. The zero-order chi connectivity index (χ0) is 10.8. The van der Waals surface area contributed by atoms with Gasteiger partial charge in [0.15, 0.2) is 5.75 Å². The number of nitrogens with zero attached hydrogens (tertiary/aromatic N) is 1. The van der Waals surface area contributed by atoms with Crippen LogP contribution in [-0.4, -0.2) is 10.0 Å². The van der Waals surface area contributed by atoms with Crippen molar-refractivity contribution in [2.75, 3.05) is 0 Å². The van der Waals surface area contributed by atoms with E-state index >= 15 is 0 Å². The maximum Gasteiger partial charge on any atom is 0.310 e. The first kappa shape index (κ1) is 9.96. The highest BCUT2D eigenvalue weighted by Crippen LogP contribution is 2.32. The molecular formula is C11H13NO3. The predicted octanol–water partition coefficient (Wildman–Crippen LogP) is 2.57. The summed E-state index contributed by atoms with van der Waals surface area (Å²) in [7, 11) is 0. The number of aromatic hydroxyl groups is 1. The predicted molar refractivity (Wildman–Crippen MR) is 56.0 cm³/mol. The Kier molecular flexibility index (Phi) is 2.58. The maximum atomic E-state index is 10.6. The van der Waals surface area contributed by atoms with Crippen molar-refractivity contribution in [3.05, 3.63) is 33.4 Å². The number of phenolic OH excluding ortho intramolecular Hbond substituents is 1. The fraction of sp³-hybridized carbons (Fsp3) is 0.455. The van der Waals surface area contributed by atoms with Crippen molar-refractivity contribution in [1.82, 2.24) is 0 Å². The minimum atomic E-state index is -0.527. The first-order valence-electron chi connectivity index (χ1n) is 5.17. The van der Waals surface area contributed by atoms with Crippen molar-refractivity contribution in [3.63, 3.8) is 0 Å². The minimum absolute atomic E-state index is 0.171. The molecule has 1 aliphatic carbocycles. The third-order valence-corrected chi connectivity index (χ3v) is 2.89. The van der Waals surface area contributed by atoms with Crippen LogP contribution < -0.4 is 0 Å². The maximum absolute atomic E-state index is 10.6. The van der Waals surface area contributed by atoms with Gasteiger partial charge in [0.2, 0.25) is 0 Å². The van der Waals surface area contributed by atoms with Gasteiger partial charge in [-0.05, 0) is 42.9 Å². The van der Waals surface area contributed by atoms with Crippen molar-refractivity contribution < 1.29 is 10.0 Å². The van der Waals surface area contributed by atoms with E-state index < -0.39 is 4.92 Å². The first-order valence-corrected chi connectivity index (χ1v) is 5.17. The number of phenols is 1. The normalized spacial score (nSPS) is 15.5. The van der Waals surface area contributed by atoms with Gasteiger partial charge in [0, 0.05) is 6.07 Å². The Morgan fingerprint density at radius 1 is 1.13 bits per heavy atom. The van der Waals surface area contributed by atoms with Gasteiger partial charge in [-0.3, -0.25) is 10.1 Å². The van der Waals surface area contributed by atoms with Crippen molar-refractivity contribution >= 4 is 5.69 Å². The Balaban J connectivity index is 2.47. The third kappa shape index (κ3) is 1.93. The number of hydrogen-bond donors (Lipinski definition) is 1. The summed E-state index contributed by atoms with van der Waals surface area (Å²) in [6, 6.07) is 3.08. The fourth-order valence-electron chi connectivity index (χ4n) is 2.08.